The van der Waals surface area contributed by atoms with Crippen molar-refractivity contribution in [1.29, 1.82) is 5.26 Å². The van der Waals surface area contributed by atoms with Crippen molar-refractivity contribution in [2.24, 2.45) is 0 Å². The van der Waals surface area contributed by atoms with Crippen LogP contribution in [0.4, 0.5) is 5.69 Å². The summed E-state index contributed by atoms with van der Waals surface area (Å²) in [6.07, 6.45) is 0.890. The first kappa shape index (κ1) is 17.4. The van der Waals surface area contributed by atoms with E-state index in [0.717, 1.165) is 25.3 Å². The third kappa shape index (κ3) is 3.49. The molecule has 1 heterocycles. The van der Waals surface area contributed by atoms with Crippen molar-refractivity contribution in [1.82, 2.24) is 0 Å². The predicted octanol–water partition coefficient (Wildman–Crippen LogP) is 5.14. The molecule has 0 bridgehead atoms. The number of hydrogen-bond donors (Lipinski definition) is 0. The molecule has 0 spiro atoms. The van der Waals surface area contributed by atoms with Crippen LogP contribution in [0.3, 0.4) is 0 Å². The van der Waals surface area contributed by atoms with Crippen molar-refractivity contribution in [2.45, 2.75) is 45.6 Å². The van der Waals surface area contributed by atoms with Gasteiger partial charge < -0.3 is 9.64 Å². The number of anilines is 1. The molecule has 1 atom stereocenters. The van der Waals surface area contributed by atoms with Gasteiger partial charge in [0.25, 0.3) is 0 Å². The van der Waals surface area contributed by atoms with Crippen LogP contribution in [0.15, 0.2) is 36.4 Å². The maximum Gasteiger partial charge on any atom is 0.118 e. The van der Waals surface area contributed by atoms with Crippen LogP contribution in [0.5, 0.6) is 5.75 Å². The summed E-state index contributed by atoms with van der Waals surface area (Å²) in [4.78, 5) is 2.44. The highest BCUT2D eigenvalue weighted by atomic mass is 16.5. The summed E-state index contributed by atoms with van der Waals surface area (Å²) >= 11 is 0. The Bertz CT molecular complexity index is 787. The highest BCUT2D eigenvalue weighted by molar-refractivity contribution is 5.66. The van der Waals surface area contributed by atoms with E-state index >= 15 is 0 Å². The topological polar surface area (TPSA) is 36.3 Å². The van der Waals surface area contributed by atoms with Crippen LogP contribution in [0, 0.1) is 18.3 Å². The van der Waals surface area contributed by atoms with E-state index in [1.165, 1.54) is 27.9 Å². The van der Waals surface area contributed by atoms with Gasteiger partial charge in [0.15, 0.2) is 0 Å². The van der Waals surface area contributed by atoms with Crippen LogP contribution >= 0.6 is 0 Å². The van der Waals surface area contributed by atoms with E-state index in [0.29, 0.717) is 5.92 Å². The fourth-order valence-electron chi connectivity index (χ4n) is 3.70. The van der Waals surface area contributed by atoms with Crippen LogP contribution in [-0.4, -0.2) is 13.7 Å². The normalized spacial score (nSPS) is 16.5. The van der Waals surface area contributed by atoms with Crippen molar-refractivity contribution in [3.63, 3.8) is 0 Å². The van der Waals surface area contributed by atoms with Crippen molar-refractivity contribution < 1.29 is 4.74 Å². The van der Waals surface area contributed by atoms with Crippen molar-refractivity contribution >= 4 is 5.69 Å². The zero-order chi connectivity index (χ0) is 18.0. The summed E-state index contributed by atoms with van der Waals surface area (Å²) in [5, 5.41) is 9.61. The van der Waals surface area contributed by atoms with Crippen LogP contribution < -0.4 is 9.64 Å². The molecule has 3 rings (SSSR count). The minimum atomic E-state index is -0.000447. The van der Waals surface area contributed by atoms with Gasteiger partial charge in [-0.3, -0.25) is 0 Å². The third-order valence-corrected chi connectivity index (χ3v) is 5.00. The number of benzene rings is 2. The number of methoxy groups -OCH3 is 1. The van der Waals surface area contributed by atoms with Crippen molar-refractivity contribution in [3.05, 3.63) is 58.7 Å². The van der Waals surface area contributed by atoms with Gasteiger partial charge in [0.2, 0.25) is 0 Å². The molecule has 2 aromatic rings. The molecule has 0 radical (unpaired) electrons. The fraction of sp³-hybridized carbons (Fsp3) is 0.409. The Labute approximate surface area is 150 Å². The molecule has 3 nitrogen and oxygen atoms in total. The molecule has 0 N–H and O–H groups in total. The minimum Gasteiger partial charge on any atom is -0.497 e. The van der Waals surface area contributed by atoms with E-state index in [2.05, 4.69) is 56.0 Å². The highest BCUT2D eigenvalue weighted by Gasteiger charge is 2.28. The molecule has 0 fully saturated rings. The third-order valence-electron chi connectivity index (χ3n) is 5.00. The molecular weight excluding hydrogens is 308 g/mol. The molecule has 0 saturated heterocycles. The molecular formula is C22H26N2O. The Balaban J connectivity index is 2.01. The van der Waals surface area contributed by atoms with Gasteiger partial charge >= 0.3 is 0 Å². The highest BCUT2D eigenvalue weighted by Crippen LogP contribution is 2.41. The molecule has 2 aromatic carbocycles. The van der Waals surface area contributed by atoms with E-state index in [1.807, 2.05) is 12.1 Å². The average Bonchev–Trinajstić information content (AvgIpc) is 2.61. The first-order valence-corrected chi connectivity index (χ1v) is 8.95. The lowest BCUT2D eigenvalue weighted by atomic mass is 9.84. The Morgan fingerprint density at radius 2 is 1.96 bits per heavy atom. The molecule has 0 aliphatic carbocycles. The number of fused-ring (bicyclic) bond motifs is 1. The second-order valence-electron chi connectivity index (χ2n) is 7.19. The summed E-state index contributed by atoms with van der Waals surface area (Å²) in [7, 11) is 1.69. The second-order valence-corrected chi connectivity index (χ2v) is 7.19. The Morgan fingerprint density at radius 3 is 2.56 bits per heavy atom. The molecule has 0 saturated carbocycles. The molecule has 3 heteroatoms. The molecule has 25 heavy (non-hydrogen) atoms. The summed E-state index contributed by atoms with van der Waals surface area (Å²) in [5.41, 5.74) is 6.33. The smallest absolute Gasteiger partial charge is 0.118 e. The van der Waals surface area contributed by atoms with Gasteiger partial charge in [0.1, 0.15) is 5.75 Å². The Kier molecular flexibility index (Phi) is 4.99. The van der Waals surface area contributed by atoms with E-state index in [1.54, 1.807) is 7.11 Å². The summed E-state index contributed by atoms with van der Waals surface area (Å²) in [6, 6.07) is 15.3. The van der Waals surface area contributed by atoms with Crippen molar-refractivity contribution in [2.75, 3.05) is 18.6 Å². The lowest BCUT2D eigenvalue weighted by molar-refractivity contribution is 0.414. The van der Waals surface area contributed by atoms with Gasteiger partial charge in [-0.25, -0.2) is 0 Å². The zero-order valence-electron chi connectivity index (χ0n) is 15.5. The van der Waals surface area contributed by atoms with E-state index in [4.69, 9.17) is 4.74 Å². The molecule has 130 valence electrons. The summed E-state index contributed by atoms with van der Waals surface area (Å²) in [6.45, 7) is 8.37. The fourth-order valence-corrected chi connectivity index (χ4v) is 3.70. The molecule has 0 amide bonds. The standard InChI is InChI=1S/C22H26N2O/c1-15(2)20-11-16(3)12-21-18(13-23)9-10-24(22(20)21)14-17-5-7-19(25-4)8-6-17/h5-8,11-12,15,18H,9-10,14H2,1-4H3. The number of nitrogens with zero attached hydrogens (tertiary/aromatic N) is 2. The summed E-state index contributed by atoms with van der Waals surface area (Å²) in [5.74, 6) is 1.31. The van der Waals surface area contributed by atoms with E-state index in [9.17, 15) is 5.26 Å². The molecule has 1 aliphatic heterocycles. The van der Waals surface area contributed by atoms with Crippen LogP contribution in [0.1, 0.15) is 54.4 Å². The largest absolute Gasteiger partial charge is 0.497 e. The zero-order valence-corrected chi connectivity index (χ0v) is 15.5. The van der Waals surface area contributed by atoms with Crippen LogP contribution in [0.2, 0.25) is 0 Å². The maximum atomic E-state index is 9.61. The number of hydrogen-bond acceptors (Lipinski definition) is 3. The Morgan fingerprint density at radius 1 is 1.24 bits per heavy atom. The first-order chi connectivity index (χ1) is 12.0. The molecule has 0 aromatic heterocycles. The average molecular weight is 334 g/mol. The van der Waals surface area contributed by atoms with Crippen LogP contribution in [0.25, 0.3) is 0 Å². The minimum absolute atomic E-state index is 0.000447. The SMILES string of the molecule is COc1ccc(CN2CCC(C#N)c3cc(C)cc(C(C)C)c32)cc1. The summed E-state index contributed by atoms with van der Waals surface area (Å²) < 4.78 is 5.26. The van der Waals surface area contributed by atoms with Gasteiger partial charge in [-0.1, -0.05) is 43.7 Å². The lowest BCUT2D eigenvalue weighted by Gasteiger charge is -2.36. The first-order valence-electron chi connectivity index (χ1n) is 8.95. The van der Waals surface area contributed by atoms with Gasteiger partial charge in [0, 0.05) is 18.8 Å². The number of aryl methyl sites for hydroxylation is 1. The lowest BCUT2D eigenvalue weighted by Crippen LogP contribution is -2.32. The van der Waals surface area contributed by atoms with Gasteiger partial charge in [0.05, 0.1) is 19.1 Å². The van der Waals surface area contributed by atoms with E-state index < -0.39 is 0 Å². The predicted molar refractivity (Wildman–Crippen MR) is 102 cm³/mol. The van der Waals surface area contributed by atoms with Gasteiger partial charge in [-0.2, -0.15) is 5.26 Å². The quantitative estimate of drug-likeness (QED) is 0.776. The van der Waals surface area contributed by atoms with Gasteiger partial charge in [-0.05, 0) is 48.1 Å². The van der Waals surface area contributed by atoms with Crippen molar-refractivity contribution in [3.8, 4) is 11.8 Å². The monoisotopic (exact) mass is 334 g/mol. The number of rotatable bonds is 4. The molecule has 1 unspecified atom stereocenters. The van der Waals surface area contributed by atoms with Gasteiger partial charge in [-0.15, -0.1) is 0 Å². The number of nitriles is 1. The van der Waals surface area contributed by atoms with E-state index in [-0.39, 0.29) is 5.92 Å². The second kappa shape index (κ2) is 7.19. The Hall–Kier alpha value is -2.47. The maximum absolute atomic E-state index is 9.61. The molecule has 1 aliphatic rings. The van der Waals surface area contributed by atoms with Crippen LogP contribution in [-0.2, 0) is 6.54 Å². The number of ether oxygens (including phenoxy) is 1.